The summed E-state index contributed by atoms with van der Waals surface area (Å²) in [4.78, 5) is 11.0. The van der Waals surface area contributed by atoms with Crippen LogP contribution in [-0.4, -0.2) is 19.6 Å². The maximum atomic E-state index is 11.0. The lowest BCUT2D eigenvalue weighted by Gasteiger charge is -2.10. The first kappa shape index (κ1) is 11.6. The maximum Gasteiger partial charge on any atom is 0.223 e. The van der Waals surface area contributed by atoms with E-state index in [9.17, 15) is 4.79 Å². The van der Waals surface area contributed by atoms with Crippen LogP contribution in [0.4, 0.5) is 0 Å². The first-order valence-corrected chi connectivity index (χ1v) is 5.04. The number of aryl methyl sites for hydroxylation is 1. The van der Waals surface area contributed by atoms with Crippen LogP contribution in [0.2, 0.25) is 0 Å². The van der Waals surface area contributed by atoms with E-state index in [0.29, 0.717) is 13.0 Å². The van der Waals surface area contributed by atoms with E-state index in [2.05, 4.69) is 5.32 Å². The van der Waals surface area contributed by atoms with E-state index in [1.165, 1.54) is 5.56 Å². The standard InChI is InChI=1S/C12H17NO2/c1-9-5-4-6-11(10(9)2)15-8-7-12(14)13-3/h4-6H,7-8H2,1-3H3,(H,13,14). The lowest BCUT2D eigenvalue weighted by atomic mass is 10.1. The van der Waals surface area contributed by atoms with Gasteiger partial charge in [-0.1, -0.05) is 12.1 Å². The molecule has 1 aromatic carbocycles. The van der Waals surface area contributed by atoms with Crippen LogP contribution in [0.15, 0.2) is 18.2 Å². The molecule has 0 spiro atoms. The van der Waals surface area contributed by atoms with Crippen LogP contribution in [0.1, 0.15) is 17.5 Å². The van der Waals surface area contributed by atoms with Gasteiger partial charge < -0.3 is 10.1 Å². The highest BCUT2D eigenvalue weighted by molar-refractivity contribution is 5.75. The summed E-state index contributed by atoms with van der Waals surface area (Å²) in [5.74, 6) is 0.860. The van der Waals surface area contributed by atoms with E-state index in [-0.39, 0.29) is 5.91 Å². The second kappa shape index (κ2) is 5.39. The van der Waals surface area contributed by atoms with Gasteiger partial charge in [-0.3, -0.25) is 4.79 Å². The van der Waals surface area contributed by atoms with Crippen molar-refractivity contribution < 1.29 is 9.53 Å². The molecule has 0 heterocycles. The second-order valence-corrected chi connectivity index (χ2v) is 3.47. The van der Waals surface area contributed by atoms with Gasteiger partial charge in [0.2, 0.25) is 5.91 Å². The molecule has 0 atom stereocenters. The van der Waals surface area contributed by atoms with E-state index >= 15 is 0 Å². The monoisotopic (exact) mass is 207 g/mol. The van der Waals surface area contributed by atoms with Gasteiger partial charge in [0.15, 0.2) is 0 Å². The molecular formula is C12H17NO2. The quantitative estimate of drug-likeness (QED) is 0.817. The van der Waals surface area contributed by atoms with Gasteiger partial charge in [0.05, 0.1) is 13.0 Å². The number of rotatable bonds is 4. The molecule has 0 bridgehead atoms. The molecule has 0 saturated heterocycles. The number of ether oxygens (including phenoxy) is 1. The van der Waals surface area contributed by atoms with E-state index in [1.807, 2.05) is 32.0 Å². The van der Waals surface area contributed by atoms with E-state index in [1.54, 1.807) is 7.05 Å². The van der Waals surface area contributed by atoms with Crippen LogP contribution in [0, 0.1) is 13.8 Å². The molecule has 1 rings (SSSR count). The minimum absolute atomic E-state index is 0.000283. The minimum atomic E-state index is 0.000283. The first-order valence-electron chi connectivity index (χ1n) is 5.04. The average Bonchev–Trinajstić information content (AvgIpc) is 2.24. The number of amides is 1. The lowest BCUT2D eigenvalue weighted by molar-refractivity contribution is -0.121. The summed E-state index contributed by atoms with van der Waals surface area (Å²) in [5.41, 5.74) is 2.34. The molecule has 0 radical (unpaired) electrons. The van der Waals surface area contributed by atoms with Gasteiger partial charge in [-0.2, -0.15) is 0 Å². The zero-order chi connectivity index (χ0) is 11.3. The Bertz CT molecular complexity index is 347. The van der Waals surface area contributed by atoms with E-state index in [4.69, 9.17) is 4.74 Å². The third kappa shape index (κ3) is 3.27. The molecule has 0 fully saturated rings. The number of carbonyl (C=O) groups excluding carboxylic acids is 1. The topological polar surface area (TPSA) is 38.3 Å². The number of hydrogen-bond acceptors (Lipinski definition) is 2. The summed E-state index contributed by atoms with van der Waals surface area (Å²) in [6, 6.07) is 5.92. The summed E-state index contributed by atoms with van der Waals surface area (Å²) in [7, 11) is 1.63. The predicted octanol–water partition coefficient (Wildman–Crippen LogP) is 1.82. The van der Waals surface area contributed by atoms with Gasteiger partial charge in [0.25, 0.3) is 0 Å². The maximum absolute atomic E-state index is 11.0. The molecular weight excluding hydrogens is 190 g/mol. The summed E-state index contributed by atoms with van der Waals surface area (Å²) >= 11 is 0. The Kier molecular flexibility index (Phi) is 4.16. The molecule has 82 valence electrons. The Labute approximate surface area is 90.4 Å². The summed E-state index contributed by atoms with van der Waals surface area (Å²) in [5, 5.41) is 2.56. The summed E-state index contributed by atoms with van der Waals surface area (Å²) < 4.78 is 5.53. The fourth-order valence-corrected chi connectivity index (χ4v) is 1.26. The third-order valence-electron chi connectivity index (χ3n) is 2.42. The van der Waals surface area contributed by atoms with Crippen molar-refractivity contribution in [3.8, 4) is 5.75 Å². The van der Waals surface area contributed by atoms with Gasteiger partial charge in [-0.05, 0) is 31.0 Å². The first-order chi connectivity index (χ1) is 7.15. The Balaban J connectivity index is 2.51. The SMILES string of the molecule is CNC(=O)CCOc1cccc(C)c1C. The molecule has 0 aromatic heterocycles. The van der Waals surface area contributed by atoms with Crippen molar-refractivity contribution in [3.63, 3.8) is 0 Å². The fraction of sp³-hybridized carbons (Fsp3) is 0.417. The highest BCUT2D eigenvalue weighted by Crippen LogP contribution is 2.20. The second-order valence-electron chi connectivity index (χ2n) is 3.47. The Hall–Kier alpha value is -1.51. The van der Waals surface area contributed by atoms with Crippen LogP contribution in [0.3, 0.4) is 0 Å². The number of benzene rings is 1. The number of hydrogen-bond donors (Lipinski definition) is 1. The molecule has 0 saturated carbocycles. The molecule has 0 aliphatic rings. The Morgan fingerprint density at radius 3 is 2.80 bits per heavy atom. The van der Waals surface area contributed by atoms with Crippen molar-refractivity contribution >= 4 is 5.91 Å². The van der Waals surface area contributed by atoms with Crippen molar-refractivity contribution in [3.05, 3.63) is 29.3 Å². The van der Waals surface area contributed by atoms with Crippen LogP contribution >= 0.6 is 0 Å². The molecule has 0 aliphatic carbocycles. The Morgan fingerprint density at radius 2 is 2.13 bits per heavy atom. The average molecular weight is 207 g/mol. The van der Waals surface area contributed by atoms with Crippen LogP contribution < -0.4 is 10.1 Å². The summed E-state index contributed by atoms with van der Waals surface area (Å²) in [6.07, 6.45) is 0.393. The van der Waals surface area contributed by atoms with E-state index < -0.39 is 0 Å². The molecule has 0 aliphatic heterocycles. The van der Waals surface area contributed by atoms with Crippen molar-refractivity contribution in [2.75, 3.05) is 13.7 Å². The van der Waals surface area contributed by atoms with Gasteiger partial charge in [0.1, 0.15) is 5.75 Å². The zero-order valence-electron chi connectivity index (χ0n) is 9.46. The van der Waals surface area contributed by atoms with Crippen LogP contribution in [-0.2, 0) is 4.79 Å². The molecule has 3 heteroatoms. The third-order valence-corrected chi connectivity index (χ3v) is 2.42. The van der Waals surface area contributed by atoms with Gasteiger partial charge >= 0.3 is 0 Å². The van der Waals surface area contributed by atoms with Crippen LogP contribution in [0.25, 0.3) is 0 Å². The van der Waals surface area contributed by atoms with Crippen LogP contribution in [0.5, 0.6) is 5.75 Å². The van der Waals surface area contributed by atoms with Gasteiger partial charge in [-0.15, -0.1) is 0 Å². The van der Waals surface area contributed by atoms with Crippen molar-refractivity contribution in [1.82, 2.24) is 5.32 Å². The molecule has 15 heavy (non-hydrogen) atoms. The highest BCUT2D eigenvalue weighted by Gasteiger charge is 2.02. The van der Waals surface area contributed by atoms with Gasteiger partial charge in [-0.25, -0.2) is 0 Å². The van der Waals surface area contributed by atoms with Crippen molar-refractivity contribution in [2.24, 2.45) is 0 Å². The molecule has 1 aromatic rings. The highest BCUT2D eigenvalue weighted by atomic mass is 16.5. The summed E-state index contributed by atoms with van der Waals surface area (Å²) in [6.45, 7) is 4.48. The molecule has 1 N–H and O–H groups in total. The fourth-order valence-electron chi connectivity index (χ4n) is 1.26. The van der Waals surface area contributed by atoms with Gasteiger partial charge in [0, 0.05) is 7.05 Å². The predicted molar refractivity (Wildman–Crippen MR) is 60.1 cm³/mol. The van der Waals surface area contributed by atoms with E-state index in [0.717, 1.165) is 11.3 Å². The normalized spacial score (nSPS) is 9.80. The smallest absolute Gasteiger partial charge is 0.223 e. The zero-order valence-corrected chi connectivity index (χ0v) is 9.46. The number of carbonyl (C=O) groups is 1. The molecule has 0 unspecified atom stereocenters. The lowest BCUT2D eigenvalue weighted by Crippen LogP contribution is -2.20. The largest absolute Gasteiger partial charge is 0.493 e. The molecule has 1 amide bonds. The molecule has 3 nitrogen and oxygen atoms in total. The minimum Gasteiger partial charge on any atom is -0.493 e. The number of nitrogens with one attached hydrogen (secondary N) is 1. The van der Waals surface area contributed by atoms with Crippen molar-refractivity contribution in [1.29, 1.82) is 0 Å². The Morgan fingerprint density at radius 1 is 1.40 bits per heavy atom. The van der Waals surface area contributed by atoms with Crippen molar-refractivity contribution in [2.45, 2.75) is 20.3 Å².